The largest absolute Gasteiger partial charge is 0.494 e. The number of nitrogens with one attached hydrogen (secondary N) is 1. The third kappa shape index (κ3) is 5.11. The summed E-state index contributed by atoms with van der Waals surface area (Å²) in [5.41, 5.74) is 0.715. The summed E-state index contributed by atoms with van der Waals surface area (Å²) < 4.78 is 24.5. The smallest absolute Gasteiger partial charge is 0.256 e. The Morgan fingerprint density at radius 1 is 1.50 bits per heavy atom. The molecule has 0 bridgehead atoms. The maximum Gasteiger partial charge on any atom is 0.256 e. The van der Waals surface area contributed by atoms with Crippen molar-refractivity contribution in [2.24, 2.45) is 5.92 Å². The number of amides is 1. The van der Waals surface area contributed by atoms with Gasteiger partial charge in [-0.15, -0.1) is 0 Å². The van der Waals surface area contributed by atoms with Crippen LogP contribution in [0.3, 0.4) is 0 Å². The van der Waals surface area contributed by atoms with E-state index in [2.05, 4.69) is 18.5 Å². The van der Waals surface area contributed by atoms with Crippen LogP contribution in [-0.4, -0.2) is 19.1 Å². The van der Waals surface area contributed by atoms with Crippen LogP contribution in [0.1, 0.15) is 25.3 Å². The van der Waals surface area contributed by atoms with Crippen molar-refractivity contribution in [1.29, 1.82) is 0 Å². The quantitative estimate of drug-likeness (QED) is 0.391. The number of hydrogen-bond acceptors (Lipinski definition) is 3. The molecule has 1 amide bonds. The van der Waals surface area contributed by atoms with Crippen molar-refractivity contribution < 1.29 is 18.7 Å². The Morgan fingerprint density at radius 3 is 2.69 bits per heavy atom. The molecule has 1 unspecified atom stereocenters. The number of carbonyl (C=O) groups is 1. The van der Waals surface area contributed by atoms with Gasteiger partial charge in [-0.05, 0) is 49.5 Å². The van der Waals surface area contributed by atoms with Gasteiger partial charge in [0.2, 0.25) is 0 Å². The van der Waals surface area contributed by atoms with Crippen LogP contribution in [0.2, 0.25) is 0 Å². The van der Waals surface area contributed by atoms with Crippen LogP contribution >= 0.6 is 11.6 Å². The Kier molecular flexibility index (Phi) is 6.86. The SMILES string of the molecule is C=C/C(OC(C)C1CC1)=C(\C(=C)Cl)C(=O)NCc1ccc(OC)c(F)c1. The Morgan fingerprint density at radius 2 is 2.19 bits per heavy atom. The molecule has 26 heavy (non-hydrogen) atoms. The van der Waals surface area contributed by atoms with Crippen molar-refractivity contribution in [2.45, 2.75) is 32.4 Å². The third-order valence-corrected chi connectivity index (χ3v) is 4.39. The summed E-state index contributed by atoms with van der Waals surface area (Å²) in [5.74, 6) is -0.0293. The molecule has 1 aromatic carbocycles. The zero-order valence-corrected chi connectivity index (χ0v) is 15.7. The molecule has 0 spiro atoms. The van der Waals surface area contributed by atoms with Gasteiger partial charge in [-0.25, -0.2) is 4.39 Å². The fourth-order valence-electron chi connectivity index (χ4n) is 2.53. The minimum Gasteiger partial charge on any atom is -0.494 e. The Labute approximate surface area is 158 Å². The van der Waals surface area contributed by atoms with Crippen molar-refractivity contribution in [1.82, 2.24) is 5.32 Å². The van der Waals surface area contributed by atoms with Crippen LogP contribution < -0.4 is 10.1 Å². The van der Waals surface area contributed by atoms with E-state index in [1.807, 2.05) is 6.92 Å². The highest BCUT2D eigenvalue weighted by atomic mass is 35.5. The monoisotopic (exact) mass is 379 g/mol. The van der Waals surface area contributed by atoms with E-state index in [-0.39, 0.29) is 29.0 Å². The maximum atomic E-state index is 13.8. The Bertz CT molecular complexity index is 741. The number of halogens is 2. The Balaban J connectivity index is 2.11. The molecule has 1 N–H and O–H groups in total. The number of carbonyl (C=O) groups excluding carboxylic acids is 1. The number of hydrogen-bond donors (Lipinski definition) is 1. The second-order valence-electron chi connectivity index (χ2n) is 6.16. The Hall–Kier alpha value is -2.27. The number of methoxy groups -OCH3 is 1. The van der Waals surface area contributed by atoms with Gasteiger partial charge in [-0.1, -0.05) is 30.8 Å². The van der Waals surface area contributed by atoms with Gasteiger partial charge in [0.05, 0.1) is 18.8 Å². The van der Waals surface area contributed by atoms with Gasteiger partial charge in [0.25, 0.3) is 5.91 Å². The standard InChI is InChI=1S/C20H23ClFNO3/c1-5-17(26-13(3)15-7-8-15)19(12(2)21)20(24)23-11-14-6-9-18(25-4)16(22)10-14/h5-6,9-10,13,15H,1-2,7-8,11H2,3-4H3,(H,23,24)/b19-17-. The number of rotatable bonds is 9. The van der Waals surface area contributed by atoms with E-state index in [1.165, 1.54) is 25.3 Å². The van der Waals surface area contributed by atoms with E-state index in [0.29, 0.717) is 17.2 Å². The van der Waals surface area contributed by atoms with E-state index in [0.717, 1.165) is 12.8 Å². The molecule has 0 heterocycles. The molecule has 1 saturated carbocycles. The average Bonchev–Trinajstić information content (AvgIpc) is 3.44. The lowest BCUT2D eigenvalue weighted by Crippen LogP contribution is -2.26. The molecule has 1 atom stereocenters. The van der Waals surface area contributed by atoms with Crippen molar-refractivity contribution in [3.63, 3.8) is 0 Å². The predicted octanol–water partition coefficient (Wildman–Crippen LogP) is 4.46. The lowest BCUT2D eigenvalue weighted by atomic mass is 10.1. The van der Waals surface area contributed by atoms with Crippen LogP contribution in [0.5, 0.6) is 5.75 Å². The molecular formula is C20H23ClFNO3. The molecule has 0 saturated heterocycles. The first kappa shape index (κ1) is 20.0. The van der Waals surface area contributed by atoms with Gasteiger partial charge < -0.3 is 14.8 Å². The normalized spacial score (nSPS) is 15.5. The first-order chi connectivity index (χ1) is 12.4. The highest BCUT2D eigenvalue weighted by molar-refractivity contribution is 6.35. The number of allylic oxidation sites excluding steroid dienone is 1. The first-order valence-corrected chi connectivity index (χ1v) is 8.74. The summed E-state index contributed by atoms with van der Waals surface area (Å²) in [6.07, 6.45) is 3.64. The van der Waals surface area contributed by atoms with Gasteiger partial charge in [0.1, 0.15) is 5.76 Å². The van der Waals surface area contributed by atoms with Crippen molar-refractivity contribution in [3.05, 3.63) is 65.2 Å². The van der Waals surface area contributed by atoms with Gasteiger partial charge in [-0.3, -0.25) is 4.79 Å². The van der Waals surface area contributed by atoms with Crippen LogP contribution in [0.15, 0.2) is 53.8 Å². The van der Waals surface area contributed by atoms with Crippen molar-refractivity contribution >= 4 is 17.5 Å². The summed E-state index contributed by atoms with van der Waals surface area (Å²) in [6, 6.07) is 4.48. The maximum absolute atomic E-state index is 13.8. The van der Waals surface area contributed by atoms with E-state index < -0.39 is 11.7 Å². The molecule has 1 aromatic rings. The fraction of sp³-hybridized carbons (Fsp3) is 0.350. The van der Waals surface area contributed by atoms with Crippen molar-refractivity contribution in [2.75, 3.05) is 7.11 Å². The van der Waals surface area contributed by atoms with Gasteiger partial charge in [0.15, 0.2) is 11.6 Å². The topological polar surface area (TPSA) is 47.6 Å². The van der Waals surface area contributed by atoms with Crippen LogP contribution in [0.4, 0.5) is 4.39 Å². The zero-order chi connectivity index (χ0) is 19.3. The molecule has 140 valence electrons. The lowest BCUT2D eigenvalue weighted by Gasteiger charge is -2.18. The highest BCUT2D eigenvalue weighted by Crippen LogP contribution is 2.35. The van der Waals surface area contributed by atoms with E-state index in [9.17, 15) is 9.18 Å². The average molecular weight is 380 g/mol. The molecule has 4 nitrogen and oxygen atoms in total. The minimum absolute atomic E-state index is 0.0301. The minimum atomic E-state index is -0.495. The van der Waals surface area contributed by atoms with Crippen molar-refractivity contribution in [3.8, 4) is 5.75 Å². The molecule has 0 aromatic heterocycles. The molecule has 0 aliphatic heterocycles. The molecular weight excluding hydrogens is 357 g/mol. The molecule has 6 heteroatoms. The molecule has 2 rings (SSSR count). The number of ether oxygens (including phenoxy) is 2. The van der Waals surface area contributed by atoms with Gasteiger partial charge in [-0.2, -0.15) is 0 Å². The van der Waals surface area contributed by atoms with Crippen LogP contribution in [-0.2, 0) is 16.1 Å². The fourth-order valence-corrected chi connectivity index (χ4v) is 2.71. The molecule has 1 aliphatic rings. The van der Waals surface area contributed by atoms with Gasteiger partial charge >= 0.3 is 0 Å². The van der Waals surface area contributed by atoms with E-state index in [1.54, 1.807) is 6.07 Å². The number of benzene rings is 1. The summed E-state index contributed by atoms with van der Waals surface area (Å²) in [5, 5.41) is 2.76. The summed E-state index contributed by atoms with van der Waals surface area (Å²) >= 11 is 6.02. The predicted molar refractivity (Wildman–Crippen MR) is 100 cm³/mol. The zero-order valence-electron chi connectivity index (χ0n) is 15.0. The summed E-state index contributed by atoms with van der Waals surface area (Å²) in [6.45, 7) is 9.42. The van der Waals surface area contributed by atoms with E-state index in [4.69, 9.17) is 21.1 Å². The molecule has 1 aliphatic carbocycles. The molecule has 1 fully saturated rings. The first-order valence-electron chi connectivity index (χ1n) is 8.36. The lowest BCUT2D eigenvalue weighted by molar-refractivity contribution is -0.117. The second kappa shape index (κ2) is 8.90. The van der Waals surface area contributed by atoms with Crippen LogP contribution in [0.25, 0.3) is 0 Å². The highest BCUT2D eigenvalue weighted by Gasteiger charge is 2.30. The van der Waals surface area contributed by atoms with Gasteiger partial charge in [0, 0.05) is 11.6 Å². The van der Waals surface area contributed by atoms with Crippen LogP contribution in [0, 0.1) is 11.7 Å². The second-order valence-corrected chi connectivity index (χ2v) is 6.62. The molecule has 0 radical (unpaired) electrons. The third-order valence-electron chi connectivity index (χ3n) is 4.20. The summed E-state index contributed by atoms with van der Waals surface area (Å²) in [4.78, 5) is 12.6. The summed E-state index contributed by atoms with van der Waals surface area (Å²) in [7, 11) is 1.39. The van der Waals surface area contributed by atoms with E-state index >= 15 is 0 Å².